The molecule has 0 aliphatic heterocycles. The molecule has 1 unspecified atom stereocenters. The lowest BCUT2D eigenvalue weighted by molar-refractivity contribution is 0.547. The first-order valence-electron chi connectivity index (χ1n) is 6.36. The number of rotatable bonds is 6. The fourth-order valence-corrected chi connectivity index (χ4v) is 4.12. The number of aryl methyl sites for hydroxylation is 1. The molecule has 0 bridgehead atoms. The predicted molar refractivity (Wildman–Crippen MR) is 87.8 cm³/mol. The van der Waals surface area contributed by atoms with Gasteiger partial charge in [-0.05, 0) is 57.8 Å². The summed E-state index contributed by atoms with van der Waals surface area (Å²) in [6.45, 7) is 6.24. The molecule has 0 saturated carbocycles. The lowest BCUT2D eigenvalue weighted by Crippen LogP contribution is -2.25. The number of thiophene rings is 1. The molecule has 0 fully saturated rings. The molecule has 0 aliphatic carbocycles. The van der Waals surface area contributed by atoms with E-state index in [1.807, 2.05) is 12.4 Å². The minimum Gasteiger partial charge on any atom is -0.334 e. The van der Waals surface area contributed by atoms with Crippen LogP contribution in [0.2, 0.25) is 0 Å². The molecule has 0 amide bonds. The Morgan fingerprint density at radius 1 is 1.42 bits per heavy atom. The molecule has 3 nitrogen and oxygen atoms in total. The summed E-state index contributed by atoms with van der Waals surface area (Å²) in [7, 11) is 0. The maximum Gasteiger partial charge on any atom is 0.131 e. The molecular formula is C13H17Br2N3S. The van der Waals surface area contributed by atoms with E-state index < -0.39 is 0 Å². The molecule has 0 spiro atoms. The van der Waals surface area contributed by atoms with Gasteiger partial charge in [-0.3, -0.25) is 0 Å². The second-order valence-corrected chi connectivity index (χ2v) is 7.49. The zero-order chi connectivity index (χ0) is 13.8. The van der Waals surface area contributed by atoms with Crippen molar-refractivity contribution < 1.29 is 0 Å². The van der Waals surface area contributed by atoms with Crippen molar-refractivity contribution in [2.75, 3.05) is 6.54 Å². The fraction of sp³-hybridized carbons (Fsp3) is 0.462. The van der Waals surface area contributed by atoms with Crippen LogP contribution >= 0.6 is 43.2 Å². The van der Waals surface area contributed by atoms with Crippen molar-refractivity contribution in [3.63, 3.8) is 0 Å². The Labute approximate surface area is 134 Å². The molecule has 2 aromatic heterocycles. The Bertz CT molecular complexity index is 516. The molecule has 6 heteroatoms. The molecule has 0 radical (unpaired) electrons. The Morgan fingerprint density at radius 2 is 2.21 bits per heavy atom. The number of hydrogen-bond donors (Lipinski definition) is 1. The zero-order valence-corrected chi connectivity index (χ0v) is 15.0. The smallest absolute Gasteiger partial charge is 0.131 e. The summed E-state index contributed by atoms with van der Waals surface area (Å²) in [5.41, 5.74) is 0. The maximum atomic E-state index is 4.53. The van der Waals surface area contributed by atoms with E-state index in [4.69, 9.17) is 0 Å². The topological polar surface area (TPSA) is 29.9 Å². The average Bonchev–Trinajstić information content (AvgIpc) is 2.98. The molecule has 104 valence electrons. The third-order valence-corrected chi connectivity index (χ3v) is 6.21. The molecule has 0 aromatic carbocycles. The van der Waals surface area contributed by atoms with Crippen molar-refractivity contribution in [3.8, 4) is 0 Å². The third kappa shape index (κ3) is 3.48. The number of aromatic nitrogens is 2. The predicted octanol–water partition coefficient (Wildman–Crippen LogP) is 4.58. The van der Waals surface area contributed by atoms with Gasteiger partial charge in [-0.1, -0.05) is 6.92 Å². The van der Waals surface area contributed by atoms with E-state index in [9.17, 15) is 0 Å². The molecule has 2 rings (SSSR count). The van der Waals surface area contributed by atoms with Gasteiger partial charge in [0.1, 0.15) is 11.9 Å². The number of halogens is 2. The zero-order valence-electron chi connectivity index (χ0n) is 11.0. The molecule has 1 atom stereocenters. The van der Waals surface area contributed by atoms with Gasteiger partial charge in [-0.25, -0.2) is 4.98 Å². The minimum absolute atomic E-state index is 0.155. The van der Waals surface area contributed by atoms with E-state index in [1.54, 1.807) is 11.3 Å². The first-order valence-corrected chi connectivity index (χ1v) is 8.76. The van der Waals surface area contributed by atoms with E-state index in [2.05, 4.69) is 66.6 Å². The number of nitrogens with one attached hydrogen (secondary N) is 1. The van der Waals surface area contributed by atoms with E-state index in [-0.39, 0.29) is 6.04 Å². The summed E-state index contributed by atoms with van der Waals surface area (Å²) in [5.74, 6) is 1.08. The molecule has 0 aliphatic rings. The summed E-state index contributed by atoms with van der Waals surface area (Å²) < 4.78 is 4.42. The quantitative estimate of drug-likeness (QED) is 0.760. The highest BCUT2D eigenvalue weighted by Gasteiger charge is 2.21. The van der Waals surface area contributed by atoms with Crippen molar-refractivity contribution in [1.82, 2.24) is 14.9 Å². The molecular weight excluding hydrogens is 390 g/mol. The van der Waals surface area contributed by atoms with Gasteiger partial charge in [0.2, 0.25) is 0 Å². The highest BCUT2D eigenvalue weighted by atomic mass is 79.9. The van der Waals surface area contributed by atoms with Crippen LogP contribution in [0.25, 0.3) is 0 Å². The van der Waals surface area contributed by atoms with E-state index >= 15 is 0 Å². The summed E-state index contributed by atoms with van der Waals surface area (Å²) in [5, 5.41) is 3.59. The van der Waals surface area contributed by atoms with Crippen LogP contribution in [-0.4, -0.2) is 16.1 Å². The first kappa shape index (κ1) is 15.2. The van der Waals surface area contributed by atoms with E-state index in [1.165, 1.54) is 4.88 Å². The molecule has 1 N–H and O–H groups in total. The average molecular weight is 407 g/mol. The van der Waals surface area contributed by atoms with Gasteiger partial charge in [-0.2, -0.15) is 0 Å². The lowest BCUT2D eigenvalue weighted by Gasteiger charge is -2.17. The van der Waals surface area contributed by atoms with Gasteiger partial charge in [0.15, 0.2) is 0 Å². The van der Waals surface area contributed by atoms with Crippen LogP contribution in [0.15, 0.2) is 26.7 Å². The summed E-state index contributed by atoms with van der Waals surface area (Å²) >= 11 is 8.87. The summed E-state index contributed by atoms with van der Waals surface area (Å²) in [6, 6.07) is 2.32. The van der Waals surface area contributed by atoms with Crippen molar-refractivity contribution in [3.05, 3.63) is 37.4 Å². The SMILES string of the molecule is CCCNC(c1cc(Br)c(Br)s1)c1nccn1CC. The summed E-state index contributed by atoms with van der Waals surface area (Å²) in [6.07, 6.45) is 5.02. The van der Waals surface area contributed by atoms with Crippen LogP contribution in [0, 0.1) is 0 Å². The number of nitrogens with zero attached hydrogens (tertiary/aromatic N) is 2. The number of hydrogen-bond acceptors (Lipinski definition) is 3. The van der Waals surface area contributed by atoms with E-state index in [0.29, 0.717) is 0 Å². The Morgan fingerprint density at radius 3 is 2.79 bits per heavy atom. The lowest BCUT2D eigenvalue weighted by atomic mass is 10.2. The van der Waals surface area contributed by atoms with Gasteiger partial charge in [0.05, 0.1) is 3.79 Å². The second-order valence-electron chi connectivity index (χ2n) is 4.23. The molecule has 2 aromatic rings. The Balaban J connectivity index is 2.35. The van der Waals surface area contributed by atoms with Gasteiger partial charge in [0.25, 0.3) is 0 Å². The minimum atomic E-state index is 0.155. The van der Waals surface area contributed by atoms with Crippen LogP contribution in [0.5, 0.6) is 0 Å². The Hall–Kier alpha value is -0.170. The fourth-order valence-electron chi connectivity index (χ4n) is 1.96. The van der Waals surface area contributed by atoms with Crippen LogP contribution in [-0.2, 0) is 6.54 Å². The van der Waals surface area contributed by atoms with Gasteiger partial charge >= 0.3 is 0 Å². The van der Waals surface area contributed by atoms with Crippen molar-refractivity contribution in [1.29, 1.82) is 0 Å². The van der Waals surface area contributed by atoms with Crippen molar-refractivity contribution in [2.45, 2.75) is 32.9 Å². The van der Waals surface area contributed by atoms with Gasteiger partial charge in [-0.15, -0.1) is 11.3 Å². The van der Waals surface area contributed by atoms with Crippen LogP contribution in [0.3, 0.4) is 0 Å². The third-order valence-electron chi connectivity index (χ3n) is 2.89. The van der Waals surface area contributed by atoms with Crippen molar-refractivity contribution >= 4 is 43.2 Å². The monoisotopic (exact) mass is 405 g/mol. The van der Waals surface area contributed by atoms with Gasteiger partial charge < -0.3 is 9.88 Å². The number of imidazole rings is 1. The molecule has 19 heavy (non-hydrogen) atoms. The van der Waals surface area contributed by atoms with Crippen molar-refractivity contribution in [2.24, 2.45) is 0 Å². The molecule has 2 heterocycles. The maximum absolute atomic E-state index is 4.53. The first-order chi connectivity index (χ1) is 9.17. The van der Waals surface area contributed by atoms with E-state index in [0.717, 1.165) is 33.6 Å². The highest BCUT2D eigenvalue weighted by molar-refractivity contribution is 9.13. The normalized spacial score (nSPS) is 12.8. The molecule has 0 saturated heterocycles. The second kappa shape index (κ2) is 7.02. The van der Waals surface area contributed by atoms with Crippen LogP contribution in [0.4, 0.5) is 0 Å². The Kier molecular flexibility index (Phi) is 5.62. The van der Waals surface area contributed by atoms with Crippen LogP contribution in [0.1, 0.15) is 37.0 Å². The van der Waals surface area contributed by atoms with Crippen LogP contribution < -0.4 is 5.32 Å². The van der Waals surface area contributed by atoms with Gasteiger partial charge in [0, 0.05) is 28.3 Å². The standard InChI is InChI=1S/C13H17Br2N3S/c1-3-5-16-11(10-8-9(14)12(15)19-10)13-17-6-7-18(13)4-2/h6-8,11,16H,3-5H2,1-2H3. The highest BCUT2D eigenvalue weighted by Crippen LogP contribution is 2.37. The summed E-state index contributed by atoms with van der Waals surface area (Å²) in [4.78, 5) is 5.80. The largest absolute Gasteiger partial charge is 0.334 e.